The maximum Gasteiger partial charge on any atom is 0.244 e. The first-order valence-electron chi connectivity index (χ1n) is 6.85. The van der Waals surface area contributed by atoms with Gasteiger partial charge in [-0.2, -0.15) is 4.31 Å². The Hall–Kier alpha value is 0.01000. The second-order valence-electron chi connectivity index (χ2n) is 4.88. The summed E-state index contributed by atoms with van der Waals surface area (Å²) in [5.41, 5.74) is 0. The van der Waals surface area contributed by atoms with Crippen LogP contribution in [0.1, 0.15) is 25.6 Å². The van der Waals surface area contributed by atoms with E-state index in [0.29, 0.717) is 28.4 Å². The third kappa shape index (κ3) is 5.61. The van der Waals surface area contributed by atoms with Gasteiger partial charge in [-0.25, -0.2) is 8.42 Å². The van der Waals surface area contributed by atoms with Crippen LogP contribution in [0.25, 0.3) is 0 Å². The zero-order chi connectivity index (χ0) is 16.0. The molecule has 0 aliphatic heterocycles. The van der Waals surface area contributed by atoms with Crippen LogP contribution in [0.5, 0.6) is 0 Å². The Balaban J connectivity index is 2.79. The van der Waals surface area contributed by atoms with Crippen LogP contribution in [0.4, 0.5) is 0 Å². The van der Waals surface area contributed by atoms with Gasteiger partial charge in [-0.05, 0) is 42.4 Å². The minimum atomic E-state index is -3.48. The van der Waals surface area contributed by atoms with Crippen molar-refractivity contribution in [2.24, 2.45) is 0 Å². The molecular weight excluding hydrogens is 376 g/mol. The number of nitrogens with one attached hydrogen (secondary N) is 1. The molecule has 1 rings (SSSR count). The van der Waals surface area contributed by atoms with Crippen molar-refractivity contribution in [3.8, 4) is 0 Å². The first-order chi connectivity index (χ1) is 9.78. The normalized spacial score (nSPS) is 12.5. The van der Waals surface area contributed by atoms with Gasteiger partial charge in [0.1, 0.15) is 4.90 Å². The summed E-state index contributed by atoms with van der Waals surface area (Å²) in [4.78, 5) is 1.32. The number of ether oxygens (including phenoxy) is 1. The molecule has 0 radical (unpaired) electrons. The fraction of sp³-hybridized carbons (Fsp3) is 0.692. The number of halogens is 1. The van der Waals surface area contributed by atoms with Crippen LogP contribution < -0.4 is 5.32 Å². The lowest BCUT2D eigenvalue weighted by molar-refractivity contribution is 0.0737. The Morgan fingerprint density at radius 1 is 1.48 bits per heavy atom. The first-order valence-corrected chi connectivity index (χ1v) is 9.90. The van der Waals surface area contributed by atoms with E-state index >= 15 is 0 Å². The van der Waals surface area contributed by atoms with Gasteiger partial charge < -0.3 is 10.1 Å². The van der Waals surface area contributed by atoms with Crippen molar-refractivity contribution in [1.29, 1.82) is 0 Å². The zero-order valence-corrected chi connectivity index (χ0v) is 16.1. The topological polar surface area (TPSA) is 58.6 Å². The number of thiophene rings is 1. The van der Waals surface area contributed by atoms with Crippen molar-refractivity contribution in [3.05, 3.63) is 14.7 Å². The summed E-state index contributed by atoms with van der Waals surface area (Å²) in [7, 11) is -1.91. The summed E-state index contributed by atoms with van der Waals surface area (Å²) in [6.45, 7) is 8.13. The van der Waals surface area contributed by atoms with E-state index in [-0.39, 0.29) is 6.10 Å². The summed E-state index contributed by atoms with van der Waals surface area (Å²) in [6, 6.07) is 1.73. The van der Waals surface area contributed by atoms with Gasteiger partial charge in [0.25, 0.3) is 0 Å². The van der Waals surface area contributed by atoms with Gasteiger partial charge in [-0.3, -0.25) is 0 Å². The SMILES string of the molecule is CCNCc1cc(S(=O)(=O)N(C)CCOC(C)C)c(Br)s1. The van der Waals surface area contributed by atoms with E-state index in [1.165, 1.54) is 15.6 Å². The Kier molecular flexibility index (Phi) is 7.80. The quantitative estimate of drug-likeness (QED) is 0.694. The smallest absolute Gasteiger partial charge is 0.244 e. The summed E-state index contributed by atoms with van der Waals surface area (Å²) < 4.78 is 32.5. The molecular formula is C13H23BrN2O3S2. The maximum absolute atomic E-state index is 12.5. The van der Waals surface area contributed by atoms with Crippen LogP contribution in [-0.2, 0) is 21.3 Å². The van der Waals surface area contributed by atoms with Crippen molar-refractivity contribution in [1.82, 2.24) is 9.62 Å². The van der Waals surface area contributed by atoms with E-state index in [1.807, 2.05) is 20.8 Å². The van der Waals surface area contributed by atoms with Gasteiger partial charge >= 0.3 is 0 Å². The molecule has 5 nitrogen and oxygen atoms in total. The Labute approximate surface area is 139 Å². The standard InChI is InChI=1S/C13H23BrN2O3S2/c1-5-15-9-11-8-12(13(14)20-11)21(17,18)16(4)6-7-19-10(2)3/h8,10,15H,5-7,9H2,1-4H3. The van der Waals surface area contributed by atoms with Crippen molar-refractivity contribution in [3.63, 3.8) is 0 Å². The number of rotatable bonds is 9. The Morgan fingerprint density at radius 2 is 2.14 bits per heavy atom. The van der Waals surface area contributed by atoms with E-state index in [4.69, 9.17) is 4.74 Å². The molecule has 0 fully saturated rings. The molecule has 1 N–H and O–H groups in total. The molecule has 0 unspecified atom stereocenters. The zero-order valence-electron chi connectivity index (χ0n) is 12.8. The molecule has 0 bridgehead atoms. The molecule has 0 aliphatic carbocycles. The molecule has 1 aromatic rings. The molecule has 0 spiro atoms. The minimum absolute atomic E-state index is 0.0979. The molecule has 21 heavy (non-hydrogen) atoms. The molecule has 1 aromatic heterocycles. The van der Waals surface area contributed by atoms with Crippen LogP contribution in [0.15, 0.2) is 14.7 Å². The maximum atomic E-state index is 12.5. The summed E-state index contributed by atoms with van der Waals surface area (Å²) in [5, 5.41) is 3.19. The third-order valence-corrected chi connectivity index (χ3v) is 6.91. The lowest BCUT2D eigenvalue weighted by atomic mass is 10.4. The monoisotopic (exact) mass is 398 g/mol. The predicted molar refractivity (Wildman–Crippen MR) is 90.3 cm³/mol. The number of likely N-dealkylation sites (N-methyl/N-ethyl adjacent to an activating group) is 1. The van der Waals surface area contributed by atoms with E-state index in [0.717, 1.165) is 11.4 Å². The van der Waals surface area contributed by atoms with Gasteiger partial charge in [0.15, 0.2) is 0 Å². The van der Waals surface area contributed by atoms with Gasteiger partial charge in [0.05, 0.1) is 16.5 Å². The summed E-state index contributed by atoms with van der Waals surface area (Å²) in [5.74, 6) is 0. The highest BCUT2D eigenvalue weighted by Crippen LogP contribution is 2.33. The average molecular weight is 399 g/mol. The van der Waals surface area contributed by atoms with Crippen LogP contribution in [-0.4, -0.2) is 45.6 Å². The van der Waals surface area contributed by atoms with Gasteiger partial charge in [-0.15, -0.1) is 11.3 Å². The number of sulfonamides is 1. The van der Waals surface area contributed by atoms with Crippen molar-refractivity contribution >= 4 is 37.3 Å². The van der Waals surface area contributed by atoms with Gasteiger partial charge in [0, 0.05) is 25.0 Å². The van der Waals surface area contributed by atoms with Gasteiger partial charge in [0.2, 0.25) is 10.0 Å². The van der Waals surface area contributed by atoms with Crippen LogP contribution in [0.2, 0.25) is 0 Å². The number of hydrogen-bond donors (Lipinski definition) is 1. The fourth-order valence-electron chi connectivity index (χ4n) is 1.61. The second kappa shape index (κ2) is 8.59. The lowest BCUT2D eigenvalue weighted by Crippen LogP contribution is -2.30. The fourth-order valence-corrected chi connectivity index (χ4v) is 5.37. The van der Waals surface area contributed by atoms with E-state index in [2.05, 4.69) is 21.2 Å². The highest BCUT2D eigenvalue weighted by atomic mass is 79.9. The molecule has 0 saturated carbocycles. The largest absolute Gasteiger partial charge is 0.377 e. The highest BCUT2D eigenvalue weighted by Gasteiger charge is 2.25. The molecule has 0 aliphatic rings. The van der Waals surface area contributed by atoms with Gasteiger partial charge in [-0.1, -0.05) is 6.92 Å². The van der Waals surface area contributed by atoms with E-state index in [9.17, 15) is 8.42 Å². The summed E-state index contributed by atoms with van der Waals surface area (Å²) >= 11 is 4.80. The Bertz CT molecular complexity index is 544. The van der Waals surface area contributed by atoms with Crippen molar-refractivity contribution in [2.45, 2.75) is 38.3 Å². The van der Waals surface area contributed by atoms with Crippen LogP contribution in [0.3, 0.4) is 0 Å². The molecule has 0 saturated heterocycles. The lowest BCUT2D eigenvalue weighted by Gasteiger charge is -2.17. The first kappa shape index (κ1) is 19.1. The molecule has 0 amide bonds. The average Bonchev–Trinajstić information content (AvgIpc) is 2.77. The molecule has 0 atom stereocenters. The predicted octanol–water partition coefficient (Wildman–Crippen LogP) is 2.67. The highest BCUT2D eigenvalue weighted by molar-refractivity contribution is 9.11. The number of nitrogens with zero attached hydrogens (tertiary/aromatic N) is 1. The van der Waals surface area contributed by atoms with Crippen LogP contribution >= 0.6 is 27.3 Å². The molecule has 1 heterocycles. The van der Waals surface area contributed by atoms with E-state index < -0.39 is 10.0 Å². The van der Waals surface area contributed by atoms with Crippen LogP contribution in [0, 0.1) is 0 Å². The second-order valence-corrected chi connectivity index (χ2v) is 9.35. The Morgan fingerprint density at radius 3 is 2.71 bits per heavy atom. The minimum Gasteiger partial charge on any atom is -0.377 e. The molecule has 122 valence electrons. The summed E-state index contributed by atoms with van der Waals surface area (Å²) in [6.07, 6.45) is 0.0979. The third-order valence-electron chi connectivity index (χ3n) is 2.80. The molecule has 8 heteroatoms. The van der Waals surface area contributed by atoms with Crippen molar-refractivity contribution < 1.29 is 13.2 Å². The van der Waals surface area contributed by atoms with Crippen molar-refractivity contribution in [2.75, 3.05) is 26.7 Å². The molecule has 0 aromatic carbocycles. The van der Waals surface area contributed by atoms with E-state index in [1.54, 1.807) is 13.1 Å². The number of hydrogen-bond acceptors (Lipinski definition) is 5.